The molecule has 0 aromatic rings. The SMILES string of the molecule is COC(CC(C)C#N)OC. The fraction of sp³-hybridized carbons (Fsp3) is 0.857. The van der Waals surface area contributed by atoms with Gasteiger partial charge in [0.05, 0.1) is 6.07 Å². The van der Waals surface area contributed by atoms with Crippen molar-refractivity contribution in [2.75, 3.05) is 14.2 Å². The second-order valence-corrected chi connectivity index (χ2v) is 2.17. The van der Waals surface area contributed by atoms with E-state index in [9.17, 15) is 0 Å². The molecule has 10 heavy (non-hydrogen) atoms. The minimum Gasteiger partial charge on any atom is -0.356 e. The van der Waals surface area contributed by atoms with Crippen LogP contribution in [0.5, 0.6) is 0 Å². The van der Waals surface area contributed by atoms with Gasteiger partial charge >= 0.3 is 0 Å². The van der Waals surface area contributed by atoms with Crippen molar-refractivity contribution in [1.29, 1.82) is 5.26 Å². The Morgan fingerprint density at radius 2 is 1.90 bits per heavy atom. The van der Waals surface area contributed by atoms with E-state index in [1.807, 2.05) is 6.92 Å². The Hall–Kier alpha value is -0.590. The Morgan fingerprint density at radius 3 is 2.20 bits per heavy atom. The summed E-state index contributed by atoms with van der Waals surface area (Å²) in [4.78, 5) is 0. The first-order chi connectivity index (χ1) is 4.74. The van der Waals surface area contributed by atoms with Crippen molar-refractivity contribution < 1.29 is 9.47 Å². The van der Waals surface area contributed by atoms with Crippen molar-refractivity contribution in [1.82, 2.24) is 0 Å². The van der Waals surface area contributed by atoms with Crippen LogP contribution in [-0.4, -0.2) is 20.5 Å². The molecular weight excluding hydrogens is 130 g/mol. The molecule has 3 heteroatoms. The molecule has 0 rings (SSSR count). The van der Waals surface area contributed by atoms with Crippen LogP contribution in [0.2, 0.25) is 0 Å². The Labute approximate surface area is 61.5 Å². The van der Waals surface area contributed by atoms with Crippen LogP contribution in [0.15, 0.2) is 0 Å². The number of nitrogens with zero attached hydrogens (tertiary/aromatic N) is 1. The molecule has 0 heterocycles. The lowest BCUT2D eigenvalue weighted by Crippen LogP contribution is -2.15. The van der Waals surface area contributed by atoms with Crippen molar-refractivity contribution in [3.63, 3.8) is 0 Å². The maximum absolute atomic E-state index is 8.41. The van der Waals surface area contributed by atoms with Crippen molar-refractivity contribution >= 4 is 0 Å². The van der Waals surface area contributed by atoms with Gasteiger partial charge < -0.3 is 9.47 Å². The number of methoxy groups -OCH3 is 2. The molecule has 0 aromatic carbocycles. The maximum Gasteiger partial charge on any atom is 0.158 e. The van der Waals surface area contributed by atoms with Gasteiger partial charge in [-0.25, -0.2) is 0 Å². The van der Waals surface area contributed by atoms with E-state index in [1.165, 1.54) is 0 Å². The van der Waals surface area contributed by atoms with Crippen LogP contribution in [0.4, 0.5) is 0 Å². The minimum atomic E-state index is -0.241. The van der Waals surface area contributed by atoms with Gasteiger partial charge in [0.2, 0.25) is 0 Å². The lowest BCUT2D eigenvalue weighted by Gasteiger charge is -2.13. The first kappa shape index (κ1) is 9.41. The molecule has 0 fully saturated rings. The Kier molecular flexibility index (Phi) is 4.91. The van der Waals surface area contributed by atoms with Gasteiger partial charge in [-0.15, -0.1) is 0 Å². The second-order valence-electron chi connectivity index (χ2n) is 2.17. The highest BCUT2D eigenvalue weighted by atomic mass is 16.7. The molecule has 0 N–H and O–H groups in total. The highest BCUT2D eigenvalue weighted by Gasteiger charge is 2.09. The van der Waals surface area contributed by atoms with Gasteiger partial charge in [-0.3, -0.25) is 0 Å². The van der Waals surface area contributed by atoms with E-state index >= 15 is 0 Å². The largest absolute Gasteiger partial charge is 0.356 e. The molecule has 0 saturated heterocycles. The molecule has 0 bridgehead atoms. The molecule has 3 nitrogen and oxygen atoms in total. The van der Waals surface area contributed by atoms with Gasteiger partial charge in [-0.2, -0.15) is 5.26 Å². The maximum atomic E-state index is 8.41. The van der Waals surface area contributed by atoms with Crippen LogP contribution >= 0.6 is 0 Å². The Balaban J connectivity index is 3.54. The first-order valence-electron chi connectivity index (χ1n) is 3.19. The summed E-state index contributed by atoms with van der Waals surface area (Å²) in [5.41, 5.74) is 0. The monoisotopic (exact) mass is 143 g/mol. The van der Waals surface area contributed by atoms with Crippen molar-refractivity contribution in [3.05, 3.63) is 0 Å². The van der Waals surface area contributed by atoms with Crippen LogP contribution < -0.4 is 0 Å². The van der Waals surface area contributed by atoms with E-state index < -0.39 is 0 Å². The normalized spacial score (nSPS) is 13.1. The molecule has 0 aromatic heterocycles. The van der Waals surface area contributed by atoms with Gasteiger partial charge in [0.1, 0.15) is 0 Å². The lowest BCUT2D eigenvalue weighted by atomic mass is 10.1. The van der Waals surface area contributed by atoms with Crippen molar-refractivity contribution in [3.8, 4) is 6.07 Å². The molecule has 58 valence electrons. The average molecular weight is 143 g/mol. The smallest absolute Gasteiger partial charge is 0.158 e. The fourth-order valence-electron chi connectivity index (χ4n) is 0.630. The molecule has 0 spiro atoms. The van der Waals surface area contributed by atoms with Crippen LogP contribution in [-0.2, 0) is 9.47 Å². The highest BCUT2D eigenvalue weighted by molar-refractivity contribution is 4.78. The zero-order valence-electron chi connectivity index (χ0n) is 6.63. The summed E-state index contributed by atoms with van der Waals surface area (Å²) in [5.74, 6) is -0.00935. The molecule has 0 saturated carbocycles. The molecule has 1 atom stereocenters. The summed E-state index contributed by atoms with van der Waals surface area (Å²) in [6.07, 6.45) is 0.387. The molecular formula is C7H13NO2. The third kappa shape index (κ3) is 3.44. The fourth-order valence-corrected chi connectivity index (χ4v) is 0.630. The van der Waals surface area contributed by atoms with Gasteiger partial charge in [0.25, 0.3) is 0 Å². The second kappa shape index (κ2) is 5.21. The van der Waals surface area contributed by atoms with Crippen LogP contribution in [0.1, 0.15) is 13.3 Å². The summed E-state index contributed by atoms with van der Waals surface area (Å²) in [7, 11) is 3.14. The molecule has 0 radical (unpaired) electrons. The van der Waals surface area contributed by atoms with Gasteiger partial charge in [-0.05, 0) is 6.92 Å². The van der Waals surface area contributed by atoms with Crippen molar-refractivity contribution in [2.45, 2.75) is 19.6 Å². The Bertz CT molecular complexity index is 115. The van der Waals surface area contributed by atoms with Gasteiger partial charge in [0, 0.05) is 26.6 Å². The van der Waals surface area contributed by atoms with Crippen LogP contribution in [0, 0.1) is 17.2 Å². The zero-order chi connectivity index (χ0) is 7.98. The molecule has 0 aliphatic heterocycles. The number of rotatable bonds is 4. The van der Waals surface area contributed by atoms with Gasteiger partial charge in [0.15, 0.2) is 6.29 Å². The van der Waals surface area contributed by atoms with E-state index in [0.29, 0.717) is 6.42 Å². The van der Waals surface area contributed by atoms with Gasteiger partial charge in [-0.1, -0.05) is 0 Å². The number of hydrogen-bond donors (Lipinski definition) is 0. The molecule has 0 amide bonds. The van der Waals surface area contributed by atoms with E-state index in [4.69, 9.17) is 14.7 Å². The van der Waals surface area contributed by atoms with E-state index in [1.54, 1.807) is 14.2 Å². The topological polar surface area (TPSA) is 42.2 Å². The predicted octanol–water partition coefficient (Wildman–Crippen LogP) is 1.16. The zero-order valence-corrected chi connectivity index (χ0v) is 6.63. The van der Waals surface area contributed by atoms with E-state index in [2.05, 4.69) is 6.07 Å². The van der Waals surface area contributed by atoms with E-state index in [-0.39, 0.29) is 12.2 Å². The standard InChI is InChI=1S/C7H13NO2/c1-6(5-8)4-7(9-2)10-3/h6-7H,4H2,1-3H3. The van der Waals surface area contributed by atoms with Crippen molar-refractivity contribution in [2.24, 2.45) is 5.92 Å². The predicted molar refractivity (Wildman–Crippen MR) is 37.2 cm³/mol. The quantitative estimate of drug-likeness (QED) is 0.554. The molecule has 1 unspecified atom stereocenters. The molecule has 0 aliphatic carbocycles. The number of ether oxygens (including phenoxy) is 2. The highest BCUT2D eigenvalue weighted by Crippen LogP contribution is 2.06. The third-order valence-corrected chi connectivity index (χ3v) is 1.29. The number of hydrogen-bond acceptors (Lipinski definition) is 3. The summed E-state index contributed by atoms with van der Waals surface area (Å²) in [6.45, 7) is 1.84. The number of nitriles is 1. The van der Waals surface area contributed by atoms with Crippen LogP contribution in [0.25, 0.3) is 0 Å². The summed E-state index contributed by atoms with van der Waals surface area (Å²) in [5, 5.41) is 8.41. The summed E-state index contributed by atoms with van der Waals surface area (Å²) >= 11 is 0. The lowest BCUT2D eigenvalue weighted by molar-refractivity contribution is -0.110. The van der Waals surface area contributed by atoms with Crippen LogP contribution in [0.3, 0.4) is 0 Å². The Morgan fingerprint density at radius 1 is 1.40 bits per heavy atom. The minimum absolute atomic E-state index is 0.00935. The van der Waals surface area contributed by atoms with E-state index in [0.717, 1.165) is 0 Å². The average Bonchev–Trinajstić information content (AvgIpc) is 1.99. The summed E-state index contributed by atoms with van der Waals surface area (Å²) in [6, 6.07) is 2.10. The first-order valence-corrected chi connectivity index (χ1v) is 3.19. The molecule has 0 aliphatic rings. The summed E-state index contributed by atoms with van der Waals surface area (Å²) < 4.78 is 9.80. The third-order valence-electron chi connectivity index (χ3n) is 1.29.